The van der Waals surface area contributed by atoms with Crippen molar-refractivity contribution in [3.8, 4) is 44.9 Å². The number of hydrogen-bond donors (Lipinski definition) is 1. The average Bonchev–Trinajstić information content (AvgIpc) is 2.96. The summed E-state index contributed by atoms with van der Waals surface area (Å²) >= 11 is 0. The molecule has 6 aromatic rings. The number of hydrogen-bond acceptors (Lipinski definition) is 5. The summed E-state index contributed by atoms with van der Waals surface area (Å²) in [5.74, 6) is 0.101. The molecular formula is C34H22O5. The molecule has 1 aliphatic rings. The molecule has 1 aliphatic carbocycles. The van der Waals surface area contributed by atoms with Crippen LogP contribution in [0, 0.1) is 0 Å². The minimum Gasteiger partial charge on any atom is -0.507 e. The van der Waals surface area contributed by atoms with Gasteiger partial charge in [-0.2, -0.15) is 0 Å². The van der Waals surface area contributed by atoms with E-state index in [1.165, 1.54) is 12.1 Å². The lowest BCUT2D eigenvalue weighted by molar-refractivity contribution is 0.103. The lowest BCUT2D eigenvalue weighted by Crippen LogP contribution is -2.13. The zero-order valence-corrected chi connectivity index (χ0v) is 21.0. The van der Waals surface area contributed by atoms with E-state index in [0.717, 1.165) is 27.6 Å². The van der Waals surface area contributed by atoms with Crippen molar-refractivity contribution in [2.24, 2.45) is 0 Å². The SMILES string of the molecule is CCOc1cc(-c2ccccc2)c2c3c(c(O)ccc13)C(=O)c1c-2ccc2c(-c3ccccc3)cc(=O)oc12. The van der Waals surface area contributed by atoms with Crippen molar-refractivity contribution in [1.82, 2.24) is 0 Å². The zero-order chi connectivity index (χ0) is 26.7. The van der Waals surface area contributed by atoms with Crippen LogP contribution in [0.25, 0.3) is 55.1 Å². The molecule has 0 bridgehead atoms. The summed E-state index contributed by atoms with van der Waals surface area (Å²) in [6.07, 6.45) is 0. The Hall–Kier alpha value is -5.16. The van der Waals surface area contributed by atoms with E-state index < -0.39 is 11.4 Å². The van der Waals surface area contributed by atoms with Gasteiger partial charge >= 0.3 is 5.63 Å². The van der Waals surface area contributed by atoms with Crippen LogP contribution in [0.2, 0.25) is 0 Å². The number of phenols is 1. The molecule has 0 atom stereocenters. The summed E-state index contributed by atoms with van der Waals surface area (Å²) in [5, 5.41) is 13.1. The molecule has 5 aromatic carbocycles. The van der Waals surface area contributed by atoms with Crippen LogP contribution < -0.4 is 10.4 Å². The molecule has 5 nitrogen and oxygen atoms in total. The van der Waals surface area contributed by atoms with Crippen molar-refractivity contribution in [3.63, 3.8) is 0 Å². The number of benzene rings is 5. The van der Waals surface area contributed by atoms with Crippen LogP contribution in [0.5, 0.6) is 11.5 Å². The van der Waals surface area contributed by atoms with E-state index in [1.54, 1.807) is 6.07 Å². The molecule has 5 heteroatoms. The van der Waals surface area contributed by atoms with Gasteiger partial charge in [-0.05, 0) is 64.6 Å². The molecule has 39 heavy (non-hydrogen) atoms. The Bertz CT molecular complexity index is 2000. The molecule has 188 valence electrons. The van der Waals surface area contributed by atoms with Gasteiger partial charge in [-0.3, -0.25) is 4.79 Å². The van der Waals surface area contributed by atoms with E-state index in [0.29, 0.717) is 34.3 Å². The molecular weight excluding hydrogens is 488 g/mol. The lowest BCUT2D eigenvalue weighted by atomic mass is 9.78. The molecule has 0 aliphatic heterocycles. The number of carbonyl (C=O) groups is 1. The molecule has 0 spiro atoms. The normalized spacial score (nSPS) is 12.1. The van der Waals surface area contributed by atoms with Crippen LogP contribution in [0.1, 0.15) is 22.8 Å². The largest absolute Gasteiger partial charge is 0.507 e. The number of ketones is 1. The highest BCUT2D eigenvalue weighted by Gasteiger charge is 2.34. The van der Waals surface area contributed by atoms with E-state index in [1.807, 2.05) is 85.8 Å². The smallest absolute Gasteiger partial charge is 0.336 e. The van der Waals surface area contributed by atoms with Crippen LogP contribution in [0.15, 0.2) is 106 Å². The molecule has 0 unspecified atom stereocenters. The van der Waals surface area contributed by atoms with Crippen LogP contribution in [0.3, 0.4) is 0 Å². The van der Waals surface area contributed by atoms with Gasteiger partial charge in [0.2, 0.25) is 5.78 Å². The Kier molecular flexibility index (Phi) is 5.13. The fraction of sp³-hybridized carbons (Fsp3) is 0.0588. The Morgan fingerprint density at radius 3 is 2.05 bits per heavy atom. The molecule has 1 heterocycles. The molecule has 0 amide bonds. The van der Waals surface area contributed by atoms with Crippen molar-refractivity contribution in [2.45, 2.75) is 6.92 Å². The Morgan fingerprint density at radius 2 is 1.36 bits per heavy atom. The highest BCUT2D eigenvalue weighted by atomic mass is 16.5. The summed E-state index contributed by atoms with van der Waals surface area (Å²) in [4.78, 5) is 27.1. The van der Waals surface area contributed by atoms with Crippen LogP contribution in [0.4, 0.5) is 0 Å². The highest BCUT2D eigenvalue weighted by molar-refractivity contribution is 6.32. The van der Waals surface area contributed by atoms with Crippen molar-refractivity contribution in [1.29, 1.82) is 0 Å². The number of carbonyl (C=O) groups excluding carboxylic acids is 1. The van der Waals surface area contributed by atoms with Gasteiger partial charge in [0.1, 0.15) is 11.5 Å². The molecule has 1 aromatic heterocycles. The topological polar surface area (TPSA) is 76.7 Å². The standard InChI is InChI=1S/C34H22O5/c1-2-38-27-17-25(20-11-7-4-8-12-20)29-23-14-13-21-24(19-9-5-3-6-10-19)18-28(36)39-34(21)31(23)33(37)32-26(35)16-15-22(27)30(29)32/h3-18,35H,2H2,1H3. The first-order valence-electron chi connectivity index (χ1n) is 12.8. The van der Waals surface area contributed by atoms with E-state index in [2.05, 4.69) is 0 Å². The fourth-order valence-electron chi connectivity index (χ4n) is 5.74. The summed E-state index contributed by atoms with van der Waals surface area (Å²) in [6.45, 7) is 2.36. The van der Waals surface area contributed by atoms with Gasteiger partial charge in [0.15, 0.2) is 5.58 Å². The van der Waals surface area contributed by atoms with Gasteiger partial charge in [-0.25, -0.2) is 4.79 Å². The number of ether oxygens (including phenoxy) is 1. The van der Waals surface area contributed by atoms with Gasteiger partial charge in [0.25, 0.3) is 0 Å². The van der Waals surface area contributed by atoms with Gasteiger partial charge < -0.3 is 14.3 Å². The minimum atomic E-state index is -0.550. The molecule has 1 N–H and O–H groups in total. The number of phenolic OH excluding ortho intramolecular Hbond substituents is 1. The van der Waals surface area contributed by atoms with Crippen LogP contribution in [-0.4, -0.2) is 17.5 Å². The van der Waals surface area contributed by atoms with Gasteiger partial charge in [-0.15, -0.1) is 0 Å². The molecule has 0 fully saturated rings. The zero-order valence-electron chi connectivity index (χ0n) is 21.0. The number of rotatable bonds is 4. The summed E-state index contributed by atoms with van der Waals surface area (Å²) < 4.78 is 11.8. The van der Waals surface area contributed by atoms with Gasteiger partial charge in [0, 0.05) is 22.2 Å². The second kappa shape index (κ2) is 8.71. The molecule has 7 rings (SSSR count). The van der Waals surface area contributed by atoms with Gasteiger partial charge in [0.05, 0.1) is 17.7 Å². The first-order valence-corrected chi connectivity index (χ1v) is 12.8. The third-order valence-electron chi connectivity index (χ3n) is 7.35. The first-order chi connectivity index (χ1) is 19.1. The maximum Gasteiger partial charge on any atom is 0.336 e. The van der Waals surface area contributed by atoms with Crippen LogP contribution >= 0.6 is 0 Å². The van der Waals surface area contributed by atoms with Crippen molar-refractivity contribution in [2.75, 3.05) is 6.61 Å². The third kappa shape index (κ3) is 3.40. The van der Waals surface area contributed by atoms with Crippen LogP contribution in [-0.2, 0) is 0 Å². The van der Waals surface area contributed by atoms with E-state index in [4.69, 9.17) is 9.15 Å². The quantitative estimate of drug-likeness (QED) is 0.247. The fourth-order valence-corrected chi connectivity index (χ4v) is 5.74. The summed E-state index contributed by atoms with van der Waals surface area (Å²) in [6, 6.07) is 29.9. The third-order valence-corrected chi connectivity index (χ3v) is 7.35. The van der Waals surface area contributed by atoms with E-state index in [-0.39, 0.29) is 22.5 Å². The second-order valence-corrected chi connectivity index (χ2v) is 9.52. The van der Waals surface area contributed by atoms with Crippen molar-refractivity contribution < 1.29 is 19.1 Å². The van der Waals surface area contributed by atoms with E-state index in [9.17, 15) is 14.7 Å². The Morgan fingerprint density at radius 1 is 0.692 bits per heavy atom. The van der Waals surface area contributed by atoms with E-state index >= 15 is 0 Å². The highest BCUT2D eigenvalue weighted by Crippen LogP contribution is 2.51. The monoisotopic (exact) mass is 510 g/mol. The van der Waals surface area contributed by atoms with Crippen molar-refractivity contribution in [3.05, 3.63) is 119 Å². The average molecular weight is 511 g/mol. The predicted octanol–water partition coefficient (Wildman–Crippen LogP) is 7.60. The molecule has 0 radical (unpaired) electrons. The second-order valence-electron chi connectivity index (χ2n) is 9.52. The Balaban J connectivity index is 1.66. The maximum atomic E-state index is 14.2. The summed E-state index contributed by atoms with van der Waals surface area (Å²) in [5.41, 5.74) is 4.84. The van der Waals surface area contributed by atoms with Crippen molar-refractivity contribution >= 4 is 27.5 Å². The number of fused-ring (bicyclic) bond motifs is 4. The summed E-state index contributed by atoms with van der Waals surface area (Å²) in [7, 11) is 0. The first kappa shape index (κ1) is 23.0. The number of aromatic hydroxyl groups is 1. The molecule has 0 saturated heterocycles. The molecule has 0 saturated carbocycles. The predicted molar refractivity (Wildman–Crippen MR) is 153 cm³/mol. The lowest BCUT2D eigenvalue weighted by Gasteiger charge is -2.25. The van der Waals surface area contributed by atoms with Gasteiger partial charge in [-0.1, -0.05) is 66.7 Å². The maximum absolute atomic E-state index is 14.2. The minimum absolute atomic E-state index is 0.134. The Labute approximate surface area is 223 Å².